The molecule has 0 aliphatic carbocycles. The van der Waals surface area contributed by atoms with Crippen LogP contribution in [0.4, 0.5) is 0 Å². The number of aliphatic hydroxyl groups excluding tert-OH is 1. The first-order valence-electron chi connectivity index (χ1n) is 44.9. The van der Waals surface area contributed by atoms with E-state index in [1.165, 1.54) is 270 Å². The largest absolute Gasteiger partial charge is 0.472 e. The molecule has 0 aliphatic heterocycles. The third kappa shape index (κ3) is 78.7. The molecule has 0 amide bonds. The van der Waals surface area contributed by atoms with Gasteiger partial charge >= 0.3 is 39.5 Å². The van der Waals surface area contributed by atoms with Crippen molar-refractivity contribution in [3.8, 4) is 0 Å². The lowest BCUT2D eigenvalue weighted by Crippen LogP contribution is -2.30. The van der Waals surface area contributed by atoms with Gasteiger partial charge in [-0.15, -0.1) is 0 Å². The van der Waals surface area contributed by atoms with Crippen LogP contribution in [-0.2, 0) is 65.4 Å². The van der Waals surface area contributed by atoms with Gasteiger partial charge in [-0.1, -0.05) is 408 Å². The quantitative estimate of drug-likeness (QED) is 0.0222. The van der Waals surface area contributed by atoms with Gasteiger partial charge in [-0.2, -0.15) is 0 Å². The Morgan fingerprint density at radius 2 is 0.481 bits per heavy atom. The van der Waals surface area contributed by atoms with E-state index in [0.717, 1.165) is 108 Å². The van der Waals surface area contributed by atoms with Crippen LogP contribution < -0.4 is 0 Å². The molecular weight excluding hydrogens is 1380 g/mol. The smallest absolute Gasteiger partial charge is 0.462 e. The summed E-state index contributed by atoms with van der Waals surface area (Å²) in [7, 11) is -9.93. The second-order valence-corrected chi connectivity index (χ2v) is 35.4. The molecule has 0 radical (unpaired) electrons. The van der Waals surface area contributed by atoms with Crippen molar-refractivity contribution in [3.05, 3.63) is 0 Å². The second-order valence-electron chi connectivity index (χ2n) is 32.5. The zero-order valence-corrected chi connectivity index (χ0v) is 71.7. The molecule has 0 aromatic rings. The Labute approximate surface area is 651 Å². The van der Waals surface area contributed by atoms with E-state index in [1.54, 1.807) is 0 Å². The second kappa shape index (κ2) is 77.0. The molecule has 6 atom stereocenters. The van der Waals surface area contributed by atoms with Crippen LogP contribution in [0.3, 0.4) is 0 Å². The molecule has 3 N–H and O–H groups in total. The summed E-state index contributed by atoms with van der Waals surface area (Å²) < 4.78 is 68.9. The topological polar surface area (TPSA) is 237 Å². The molecule has 0 saturated carbocycles. The lowest BCUT2D eigenvalue weighted by Gasteiger charge is -2.21. The number of unbranched alkanes of at least 4 members (excludes halogenated alkanes) is 52. The van der Waals surface area contributed by atoms with Crippen LogP contribution >= 0.6 is 15.6 Å². The summed E-state index contributed by atoms with van der Waals surface area (Å²) in [6.07, 6.45) is 68.1. The van der Waals surface area contributed by atoms with Crippen LogP contribution in [0, 0.1) is 17.8 Å². The first-order chi connectivity index (χ1) is 51.3. The zero-order chi connectivity index (χ0) is 77.9. The summed E-state index contributed by atoms with van der Waals surface area (Å²) >= 11 is 0. The number of hydrogen-bond acceptors (Lipinski definition) is 15. The highest BCUT2D eigenvalue weighted by atomic mass is 31.2. The molecule has 0 bridgehead atoms. The Morgan fingerprint density at radius 3 is 0.717 bits per heavy atom. The van der Waals surface area contributed by atoms with Crippen molar-refractivity contribution in [2.24, 2.45) is 17.8 Å². The lowest BCUT2D eigenvalue weighted by molar-refractivity contribution is -0.161. The third-order valence-electron chi connectivity index (χ3n) is 20.7. The number of carbonyl (C=O) groups excluding carboxylic acids is 4. The lowest BCUT2D eigenvalue weighted by atomic mass is 9.99. The number of phosphoric ester groups is 2. The standard InChI is InChI=1S/C87H170O17P2/c1-8-10-11-12-13-14-15-16-17-18-19-20-21-22-27-30-35-40-49-56-63-70-86(91)103-82(74-97-84(89)68-61-54-47-39-34-29-26-24-23-25-28-32-37-44-51-58-65-78(3)4)76-101-105(93,94)99-72-81(88)73-100-106(95,96)102-77-83(75-98-85(90)69-62-55-48-43-42-46-53-60-67-80(7)9-2)104-87(92)71-64-57-50-41-36-31-33-38-45-52-59-66-79(5)6/h78-83,88H,8-77H2,1-7H3,(H,93,94)(H,95,96)/t80?,81-,82-,83-/m1/s1. The average Bonchev–Trinajstić information content (AvgIpc) is 0.918. The SMILES string of the molecule is CCCCCCCCCCCCCCCCCCCCCCCC(=O)O[C@H](COC(=O)CCCCCCCCCCCCCCCCCCC(C)C)COP(=O)(O)OC[C@@H](O)COP(=O)(O)OC[C@@H](COC(=O)CCCCCCCCCCC(C)CC)OC(=O)CCCCCCCCCCCCCC(C)C. The Bertz CT molecular complexity index is 2050. The van der Waals surface area contributed by atoms with Crippen LogP contribution in [-0.4, -0.2) is 96.7 Å². The number of aliphatic hydroxyl groups is 1. The monoisotopic (exact) mass is 1550 g/mol. The molecular formula is C87H170O17P2. The number of hydrogen-bond donors (Lipinski definition) is 3. The molecule has 0 heterocycles. The van der Waals surface area contributed by atoms with Gasteiger partial charge in [0.1, 0.15) is 19.3 Å². The molecule has 0 spiro atoms. The van der Waals surface area contributed by atoms with Gasteiger partial charge in [-0.3, -0.25) is 37.3 Å². The van der Waals surface area contributed by atoms with E-state index in [2.05, 4.69) is 48.5 Å². The molecule has 19 heteroatoms. The minimum Gasteiger partial charge on any atom is -0.462 e. The van der Waals surface area contributed by atoms with Crippen molar-refractivity contribution >= 4 is 39.5 Å². The van der Waals surface area contributed by atoms with Crippen molar-refractivity contribution in [3.63, 3.8) is 0 Å². The van der Waals surface area contributed by atoms with Crippen LogP contribution in [0.5, 0.6) is 0 Å². The number of esters is 4. The van der Waals surface area contributed by atoms with Crippen molar-refractivity contribution in [1.82, 2.24) is 0 Å². The number of ether oxygens (including phenoxy) is 4. The minimum absolute atomic E-state index is 0.106. The Balaban J connectivity index is 5.25. The van der Waals surface area contributed by atoms with Crippen LogP contribution in [0.15, 0.2) is 0 Å². The fourth-order valence-electron chi connectivity index (χ4n) is 13.5. The third-order valence-corrected chi connectivity index (χ3v) is 22.6. The highest BCUT2D eigenvalue weighted by molar-refractivity contribution is 7.47. The van der Waals surface area contributed by atoms with Crippen LogP contribution in [0.2, 0.25) is 0 Å². The summed E-state index contributed by atoms with van der Waals surface area (Å²) in [6, 6.07) is 0. The molecule has 630 valence electrons. The Morgan fingerprint density at radius 1 is 0.274 bits per heavy atom. The number of phosphoric acid groups is 2. The number of rotatable bonds is 85. The molecule has 0 fully saturated rings. The van der Waals surface area contributed by atoms with Gasteiger partial charge in [-0.25, -0.2) is 9.13 Å². The fourth-order valence-corrected chi connectivity index (χ4v) is 15.1. The first-order valence-corrected chi connectivity index (χ1v) is 47.9. The van der Waals surface area contributed by atoms with Gasteiger partial charge in [0, 0.05) is 25.7 Å². The summed E-state index contributed by atoms with van der Waals surface area (Å²) in [5.41, 5.74) is 0. The normalized spacial score (nSPS) is 14.1. The van der Waals surface area contributed by atoms with E-state index in [9.17, 15) is 43.2 Å². The van der Waals surface area contributed by atoms with Crippen LogP contribution in [0.25, 0.3) is 0 Å². The molecule has 0 aromatic heterocycles. The molecule has 0 rings (SSSR count). The van der Waals surface area contributed by atoms with Crippen LogP contribution in [0.1, 0.15) is 459 Å². The summed E-state index contributed by atoms with van der Waals surface area (Å²) in [5.74, 6) is 0.251. The molecule has 0 saturated heterocycles. The van der Waals surface area contributed by atoms with E-state index in [4.69, 9.17) is 37.0 Å². The van der Waals surface area contributed by atoms with E-state index in [1.807, 2.05) is 0 Å². The molecule has 0 aromatic carbocycles. The van der Waals surface area contributed by atoms with Gasteiger partial charge in [0.2, 0.25) is 0 Å². The van der Waals surface area contributed by atoms with Gasteiger partial charge in [0.05, 0.1) is 26.4 Å². The van der Waals surface area contributed by atoms with E-state index >= 15 is 0 Å². The highest BCUT2D eigenvalue weighted by Crippen LogP contribution is 2.45. The van der Waals surface area contributed by atoms with Gasteiger partial charge < -0.3 is 33.8 Å². The summed E-state index contributed by atoms with van der Waals surface area (Å²) in [4.78, 5) is 73.3. The van der Waals surface area contributed by atoms with Crippen molar-refractivity contribution in [2.75, 3.05) is 39.6 Å². The Kier molecular flexibility index (Phi) is 75.6. The maximum atomic E-state index is 13.2. The molecule has 106 heavy (non-hydrogen) atoms. The van der Waals surface area contributed by atoms with Gasteiger partial charge in [0.15, 0.2) is 12.2 Å². The van der Waals surface area contributed by atoms with Gasteiger partial charge in [0.25, 0.3) is 0 Å². The predicted octanol–water partition coefficient (Wildman–Crippen LogP) is 26.5. The summed E-state index contributed by atoms with van der Waals surface area (Å²) in [5, 5.41) is 10.7. The predicted molar refractivity (Wildman–Crippen MR) is 437 cm³/mol. The van der Waals surface area contributed by atoms with Crippen molar-refractivity contribution in [2.45, 2.75) is 478 Å². The van der Waals surface area contributed by atoms with Crippen molar-refractivity contribution < 1.29 is 80.2 Å². The summed E-state index contributed by atoms with van der Waals surface area (Å²) in [6.45, 7) is 12.0. The fraction of sp³-hybridized carbons (Fsp3) is 0.954. The first kappa shape index (κ1) is 104. The van der Waals surface area contributed by atoms with E-state index in [0.29, 0.717) is 25.7 Å². The maximum Gasteiger partial charge on any atom is 0.472 e. The Hall–Kier alpha value is -1.94. The van der Waals surface area contributed by atoms with Crippen molar-refractivity contribution in [1.29, 1.82) is 0 Å². The highest BCUT2D eigenvalue weighted by Gasteiger charge is 2.31. The maximum absolute atomic E-state index is 13.2. The molecule has 17 nitrogen and oxygen atoms in total. The zero-order valence-electron chi connectivity index (χ0n) is 69.9. The minimum atomic E-state index is -4.97. The van der Waals surface area contributed by atoms with E-state index in [-0.39, 0.29) is 25.7 Å². The molecule has 0 aliphatic rings. The number of carbonyl (C=O) groups is 4. The van der Waals surface area contributed by atoms with Gasteiger partial charge in [-0.05, 0) is 43.4 Å². The van der Waals surface area contributed by atoms with E-state index < -0.39 is 97.5 Å². The molecule has 3 unspecified atom stereocenters. The average molecular weight is 1550 g/mol.